The van der Waals surface area contributed by atoms with Gasteiger partial charge in [-0.1, -0.05) is 29.3 Å². The normalized spacial score (nSPS) is 23.1. The molecule has 1 fully saturated rings. The summed E-state index contributed by atoms with van der Waals surface area (Å²) in [5.74, 6) is -0.963. The Morgan fingerprint density at radius 2 is 1.90 bits per heavy atom. The van der Waals surface area contributed by atoms with Crippen molar-refractivity contribution in [2.45, 2.75) is 49.7 Å². The van der Waals surface area contributed by atoms with E-state index in [1.165, 1.54) is 12.1 Å². The lowest BCUT2D eigenvalue weighted by Crippen LogP contribution is -2.49. The number of rotatable bonds is 4. The van der Waals surface area contributed by atoms with Gasteiger partial charge in [0.25, 0.3) is 5.91 Å². The van der Waals surface area contributed by atoms with E-state index in [-0.39, 0.29) is 36.5 Å². The number of amides is 1. The standard InChI is InChI=1S/C19H17Cl2F4N3O2/c20-13-3-1-2-12(27-13)15(18(30)7-4-10(22)5-8-18)28-17(29)11-6-9-26-16(14(11)21)19(23,24)25/h1-3,6,9-10,15,30H,4-5,7-8H2,(H,28,29). The fourth-order valence-corrected chi connectivity index (χ4v) is 3.94. The van der Waals surface area contributed by atoms with Gasteiger partial charge in [0, 0.05) is 6.20 Å². The predicted molar refractivity (Wildman–Crippen MR) is 102 cm³/mol. The Morgan fingerprint density at radius 1 is 1.23 bits per heavy atom. The zero-order valence-electron chi connectivity index (χ0n) is 15.4. The second-order valence-corrected chi connectivity index (χ2v) is 7.85. The first-order valence-electron chi connectivity index (χ1n) is 9.03. The topological polar surface area (TPSA) is 75.1 Å². The molecule has 1 unspecified atom stereocenters. The van der Waals surface area contributed by atoms with Crippen LogP contribution in [0.2, 0.25) is 10.2 Å². The van der Waals surface area contributed by atoms with Crippen LogP contribution in [0.25, 0.3) is 0 Å². The monoisotopic (exact) mass is 465 g/mol. The van der Waals surface area contributed by atoms with E-state index in [0.717, 1.165) is 12.3 Å². The third kappa shape index (κ3) is 4.84. The number of carbonyl (C=O) groups is 1. The van der Waals surface area contributed by atoms with E-state index in [2.05, 4.69) is 15.3 Å². The summed E-state index contributed by atoms with van der Waals surface area (Å²) in [5.41, 5.74) is -3.24. The van der Waals surface area contributed by atoms with Crippen LogP contribution in [-0.2, 0) is 6.18 Å². The van der Waals surface area contributed by atoms with Crippen molar-refractivity contribution < 1.29 is 27.5 Å². The molecular weight excluding hydrogens is 449 g/mol. The van der Waals surface area contributed by atoms with Crippen molar-refractivity contribution in [3.63, 3.8) is 0 Å². The third-order valence-corrected chi connectivity index (χ3v) is 5.62. The Balaban J connectivity index is 1.97. The molecule has 0 bridgehead atoms. The highest BCUT2D eigenvalue weighted by molar-refractivity contribution is 6.34. The van der Waals surface area contributed by atoms with Gasteiger partial charge in [-0.25, -0.2) is 9.37 Å². The van der Waals surface area contributed by atoms with E-state index in [0.29, 0.717) is 0 Å². The second-order valence-electron chi connectivity index (χ2n) is 7.09. The van der Waals surface area contributed by atoms with Crippen LogP contribution < -0.4 is 5.32 Å². The lowest BCUT2D eigenvalue weighted by atomic mass is 9.77. The molecule has 1 atom stereocenters. The highest BCUT2D eigenvalue weighted by Gasteiger charge is 2.43. The molecule has 2 aromatic heterocycles. The molecule has 162 valence electrons. The van der Waals surface area contributed by atoms with Crippen molar-refractivity contribution in [3.05, 3.63) is 57.6 Å². The molecule has 2 aromatic rings. The van der Waals surface area contributed by atoms with Crippen molar-refractivity contribution >= 4 is 29.1 Å². The zero-order chi connectivity index (χ0) is 22.1. The first-order chi connectivity index (χ1) is 14.0. The van der Waals surface area contributed by atoms with Gasteiger partial charge >= 0.3 is 6.18 Å². The van der Waals surface area contributed by atoms with Gasteiger partial charge in [0.1, 0.15) is 17.4 Å². The predicted octanol–water partition coefficient (Wildman–Crippen LogP) is 4.92. The minimum absolute atomic E-state index is 0.0190. The molecule has 3 rings (SSSR count). The Morgan fingerprint density at radius 3 is 2.50 bits per heavy atom. The van der Waals surface area contributed by atoms with Crippen LogP contribution in [0.3, 0.4) is 0 Å². The molecule has 30 heavy (non-hydrogen) atoms. The SMILES string of the molecule is O=C(NC(c1cccc(Cl)n1)C1(O)CCC(F)CC1)c1ccnc(C(F)(F)F)c1Cl. The van der Waals surface area contributed by atoms with Gasteiger partial charge in [-0.3, -0.25) is 9.78 Å². The molecule has 0 spiro atoms. The largest absolute Gasteiger partial charge is 0.434 e. The maximum Gasteiger partial charge on any atom is 0.434 e. The highest BCUT2D eigenvalue weighted by Crippen LogP contribution is 2.40. The molecule has 1 aliphatic rings. The van der Waals surface area contributed by atoms with Gasteiger partial charge < -0.3 is 10.4 Å². The summed E-state index contributed by atoms with van der Waals surface area (Å²) in [6, 6.07) is 4.44. The van der Waals surface area contributed by atoms with Gasteiger partial charge in [-0.2, -0.15) is 13.2 Å². The molecule has 1 saturated carbocycles. The van der Waals surface area contributed by atoms with Crippen molar-refractivity contribution in [1.29, 1.82) is 0 Å². The third-order valence-electron chi connectivity index (χ3n) is 5.03. The quantitative estimate of drug-likeness (QED) is 0.496. The Kier molecular flexibility index (Phi) is 6.54. The maximum atomic E-state index is 13.6. The molecular formula is C19H17Cl2F4N3O2. The van der Waals surface area contributed by atoms with Crippen LogP contribution >= 0.6 is 23.2 Å². The van der Waals surface area contributed by atoms with Gasteiger partial charge in [-0.15, -0.1) is 0 Å². The zero-order valence-corrected chi connectivity index (χ0v) is 16.9. The summed E-state index contributed by atoms with van der Waals surface area (Å²) in [7, 11) is 0. The second kappa shape index (κ2) is 8.64. The number of aliphatic hydroxyl groups is 1. The minimum atomic E-state index is -4.85. The number of hydrogen-bond acceptors (Lipinski definition) is 4. The van der Waals surface area contributed by atoms with Crippen molar-refractivity contribution in [2.24, 2.45) is 0 Å². The summed E-state index contributed by atoms with van der Waals surface area (Å²) < 4.78 is 52.8. The first kappa shape index (κ1) is 22.7. The number of hydrogen-bond donors (Lipinski definition) is 2. The smallest absolute Gasteiger partial charge is 0.387 e. The fraction of sp³-hybridized carbons (Fsp3) is 0.421. The molecule has 5 nitrogen and oxygen atoms in total. The highest BCUT2D eigenvalue weighted by atomic mass is 35.5. The maximum absolute atomic E-state index is 13.6. The Hall–Kier alpha value is -1.97. The Bertz CT molecular complexity index is 934. The number of alkyl halides is 4. The summed E-state index contributed by atoms with van der Waals surface area (Å²) >= 11 is 11.7. The summed E-state index contributed by atoms with van der Waals surface area (Å²) in [4.78, 5) is 20.1. The molecule has 0 aromatic carbocycles. The molecule has 0 aliphatic heterocycles. The van der Waals surface area contributed by atoms with Crippen LogP contribution in [0.4, 0.5) is 17.6 Å². The number of nitrogens with one attached hydrogen (secondary N) is 1. The summed E-state index contributed by atoms with van der Waals surface area (Å²) in [5, 5.41) is 12.9. The molecule has 1 amide bonds. The molecule has 0 saturated heterocycles. The van der Waals surface area contributed by atoms with Crippen LogP contribution in [0.1, 0.15) is 53.5 Å². The van der Waals surface area contributed by atoms with E-state index in [1.54, 1.807) is 6.07 Å². The number of aromatic nitrogens is 2. The molecule has 11 heteroatoms. The number of nitrogens with zero attached hydrogens (tertiary/aromatic N) is 2. The van der Waals surface area contributed by atoms with Crippen molar-refractivity contribution in [1.82, 2.24) is 15.3 Å². The number of halogens is 6. The Labute approximate surface area is 179 Å². The van der Waals surface area contributed by atoms with E-state index >= 15 is 0 Å². The van der Waals surface area contributed by atoms with Gasteiger partial charge in [0.2, 0.25) is 0 Å². The average molecular weight is 466 g/mol. The van der Waals surface area contributed by atoms with Crippen molar-refractivity contribution in [2.75, 3.05) is 0 Å². The first-order valence-corrected chi connectivity index (χ1v) is 9.78. The lowest BCUT2D eigenvalue weighted by Gasteiger charge is -2.40. The van der Waals surface area contributed by atoms with Crippen LogP contribution in [0.5, 0.6) is 0 Å². The van der Waals surface area contributed by atoms with E-state index < -0.39 is 46.2 Å². The molecule has 0 radical (unpaired) electrons. The summed E-state index contributed by atoms with van der Waals surface area (Å²) in [6.07, 6.45) is -4.94. The van der Waals surface area contributed by atoms with Gasteiger partial charge in [0.15, 0.2) is 5.69 Å². The van der Waals surface area contributed by atoms with Crippen LogP contribution in [0.15, 0.2) is 30.5 Å². The van der Waals surface area contributed by atoms with E-state index in [9.17, 15) is 27.5 Å². The van der Waals surface area contributed by atoms with Gasteiger partial charge in [-0.05, 0) is 43.9 Å². The minimum Gasteiger partial charge on any atom is -0.387 e. The average Bonchev–Trinajstić information content (AvgIpc) is 2.67. The molecule has 1 aliphatic carbocycles. The van der Waals surface area contributed by atoms with Crippen LogP contribution in [0, 0.1) is 0 Å². The van der Waals surface area contributed by atoms with Crippen LogP contribution in [-0.4, -0.2) is 32.8 Å². The van der Waals surface area contributed by atoms with Crippen molar-refractivity contribution in [3.8, 4) is 0 Å². The van der Waals surface area contributed by atoms with E-state index in [4.69, 9.17) is 23.2 Å². The summed E-state index contributed by atoms with van der Waals surface area (Å²) in [6.45, 7) is 0. The molecule has 2 N–H and O–H groups in total. The fourth-order valence-electron chi connectivity index (χ4n) is 3.47. The van der Waals surface area contributed by atoms with Gasteiger partial charge in [0.05, 0.1) is 21.9 Å². The number of carbonyl (C=O) groups excluding carboxylic acids is 1. The lowest BCUT2D eigenvalue weighted by molar-refractivity contribution is -0.141. The molecule has 2 heterocycles. The van der Waals surface area contributed by atoms with E-state index in [1.807, 2.05) is 0 Å². The number of pyridine rings is 2.